The molecule has 0 saturated heterocycles. The highest BCUT2D eigenvalue weighted by Crippen LogP contribution is 2.19. The molecule has 0 aliphatic rings. The van der Waals surface area contributed by atoms with Crippen LogP contribution in [0.25, 0.3) is 0 Å². The molecule has 1 aromatic carbocycles. The van der Waals surface area contributed by atoms with E-state index in [1.54, 1.807) is 23.5 Å². The van der Waals surface area contributed by atoms with Crippen molar-refractivity contribution in [3.8, 4) is 0 Å². The van der Waals surface area contributed by atoms with Crippen LogP contribution in [0.2, 0.25) is 0 Å². The van der Waals surface area contributed by atoms with Gasteiger partial charge in [0.2, 0.25) is 0 Å². The Morgan fingerprint density at radius 3 is 2.58 bits per heavy atom. The Balaban J connectivity index is 1.74. The molecule has 3 N–H and O–H groups in total. The smallest absolute Gasteiger partial charge is 0.274 e. The van der Waals surface area contributed by atoms with Gasteiger partial charge in [0.1, 0.15) is 11.5 Å². The summed E-state index contributed by atoms with van der Waals surface area (Å²) in [4.78, 5) is 13.6. The number of aliphatic hydroxyl groups excluding tert-OH is 1. The van der Waals surface area contributed by atoms with Crippen molar-refractivity contribution in [3.05, 3.63) is 75.6 Å². The van der Waals surface area contributed by atoms with Gasteiger partial charge in [-0.25, -0.2) is 0 Å². The Labute approximate surface area is 191 Å². The molecule has 0 spiro atoms. The molecule has 8 nitrogen and oxygen atoms in total. The third kappa shape index (κ3) is 9.69. The van der Waals surface area contributed by atoms with Crippen LogP contribution in [-0.2, 0) is 12.3 Å². The van der Waals surface area contributed by atoms with Gasteiger partial charge in [0.15, 0.2) is 5.82 Å². The summed E-state index contributed by atoms with van der Waals surface area (Å²) in [7, 11) is 3.99. The maximum Gasteiger partial charge on any atom is 0.274 e. The Morgan fingerprint density at radius 1 is 1.23 bits per heavy atom. The number of nitrogens with one attached hydrogen (secondary N) is 2. The van der Waals surface area contributed by atoms with Gasteiger partial charge in [0.05, 0.1) is 23.3 Å². The van der Waals surface area contributed by atoms with E-state index >= 15 is 0 Å². The third-order valence-electron chi connectivity index (χ3n) is 4.22. The number of nitro groups is 1. The van der Waals surface area contributed by atoms with Gasteiger partial charge in [-0.2, -0.15) is 11.8 Å². The largest absolute Gasteiger partial charge is 0.464 e. The molecule has 0 amide bonds. The number of hydrogen-bond acceptors (Lipinski definition) is 9. The minimum Gasteiger partial charge on any atom is -0.464 e. The lowest BCUT2D eigenvalue weighted by Crippen LogP contribution is -2.31. The second-order valence-electron chi connectivity index (χ2n) is 7.08. The van der Waals surface area contributed by atoms with Crippen molar-refractivity contribution in [1.82, 2.24) is 15.5 Å². The molecule has 10 heteroatoms. The highest BCUT2D eigenvalue weighted by atomic mass is 32.2. The molecule has 0 aliphatic heterocycles. The summed E-state index contributed by atoms with van der Waals surface area (Å²) in [5.41, 5.74) is 0.758. The van der Waals surface area contributed by atoms with E-state index in [0.717, 1.165) is 46.2 Å². The quantitative estimate of drug-likeness (QED) is 0.167. The lowest BCUT2D eigenvalue weighted by atomic mass is 10.1. The Morgan fingerprint density at radius 2 is 1.94 bits per heavy atom. The van der Waals surface area contributed by atoms with E-state index in [9.17, 15) is 15.2 Å². The molecule has 170 valence electrons. The number of thioether (sulfide) groups is 2. The molecule has 1 unspecified atom stereocenters. The van der Waals surface area contributed by atoms with E-state index in [0.29, 0.717) is 6.54 Å². The van der Waals surface area contributed by atoms with Crippen molar-refractivity contribution < 1.29 is 14.4 Å². The number of furan rings is 1. The Hall–Kier alpha value is -2.14. The first-order chi connectivity index (χ1) is 14.9. The van der Waals surface area contributed by atoms with E-state index in [2.05, 4.69) is 10.6 Å². The molecule has 0 bridgehead atoms. The molecule has 1 heterocycles. The first kappa shape index (κ1) is 25.1. The summed E-state index contributed by atoms with van der Waals surface area (Å²) in [6.45, 7) is 1.47. The van der Waals surface area contributed by atoms with E-state index in [-0.39, 0.29) is 12.4 Å². The zero-order valence-corrected chi connectivity index (χ0v) is 19.7. The van der Waals surface area contributed by atoms with Crippen molar-refractivity contribution in [3.63, 3.8) is 0 Å². The maximum atomic E-state index is 10.9. The predicted octanol–water partition coefficient (Wildman–Crippen LogP) is 3.28. The maximum absolute atomic E-state index is 10.9. The Bertz CT molecular complexity index is 840. The summed E-state index contributed by atoms with van der Waals surface area (Å²) in [6.07, 6.45) is 2.11. The molecule has 0 aliphatic carbocycles. The average Bonchev–Trinajstić information content (AvgIpc) is 3.17. The SMILES string of the molecule is CSc1ccc(C(O)CN/C(=C\[N+](=O)[O-])NCCSCc2ccc(CN(C)C)o2)cc1. The topological polar surface area (TPSA) is 104 Å². The summed E-state index contributed by atoms with van der Waals surface area (Å²) in [5.74, 6) is 3.61. The first-order valence-electron chi connectivity index (χ1n) is 9.82. The standard InChI is InChI=1S/C21H30N4O4S2/c1-24(2)13-17-6-7-18(29-17)15-31-11-10-22-21(14-25(27)28)23-12-20(26)16-4-8-19(30-3)9-5-16/h4-9,14,20,22-23,26H,10-13,15H2,1-3H3/b21-14-. The van der Waals surface area contributed by atoms with Gasteiger partial charge in [-0.15, -0.1) is 11.8 Å². The zero-order valence-electron chi connectivity index (χ0n) is 18.0. The molecule has 1 aromatic heterocycles. The lowest BCUT2D eigenvalue weighted by molar-refractivity contribution is -0.404. The van der Waals surface area contributed by atoms with E-state index < -0.39 is 11.0 Å². The van der Waals surface area contributed by atoms with E-state index in [4.69, 9.17) is 4.42 Å². The number of hydrogen-bond donors (Lipinski definition) is 3. The van der Waals surface area contributed by atoms with Crippen LogP contribution >= 0.6 is 23.5 Å². The third-order valence-corrected chi connectivity index (χ3v) is 5.94. The number of rotatable bonds is 14. The first-order valence-corrected chi connectivity index (χ1v) is 12.2. The van der Waals surface area contributed by atoms with Crippen LogP contribution in [0.5, 0.6) is 0 Å². The second-order valence-corrected chi connectivity index (χ2v) is 9.07. The van der Waals surface area contributed by atoms with Crippen molar-refractivity contribution in [1.29, 1.82) is 0 Å². The molecule has 1 atom stereocenters. The van der Waals surface area contributed by atoms with Crippen molar-refractivity contribution >= 4 is 23.5 Å². The molecule has 0 saturated carbocycles. The number of aliphatic hydroxyl groups is 1. The van der Waals surface area contributed by atoms with Gasteiger partial charge in [0.25, 0.3) is 6.20 Å². The number of nitrogens with zero attached hydrogens (tertiary/aromatic N) is 2. The van der Waals surface area contributed by atoms with Crippen LogP contribution in [0, 0.1) is 10.1 Å². The highest BCUT2D eigenvalue weighted by molar-refractivity contribution is 7.98. The minimum atomic E-state index is -0.766. The van der Waals surface area contributed by atoms with E-state index in [1.165, 1.54) is 0 Å². The van der Waals surface area contributed by atoms with Crippen LogP contribution in [-0.4, -0.2) is 54.1 Å². The zero-order chi connectivity index (χ0) is 22.6. The fourth-order valence-corrected chi connectivity index (χ4v) is 3.89. The van der Waals surface area contributed by atoms with Gasteiger partial charge in [0, 0.05) is 23.7 Å². The van der Waals surface area contributed by atoms with E-state index in [1.807, 2.05) is 61.6 Å². The summed E-state index contributed by atoms with van der Waals surface area (Å²) < 4.78 is 5.77. The summed E-state index contributed by atoms with van der Waals surface area (Å²) >= 11 is 3.31. The van der Waals surface area contributed by atoms with Crippen LogP contribution < -0.4 is 10.6 Å². The molecular weight excluding hydrogens is 436 g/mol. The van der Waals surface area contributed by atoms with Gasteiger partial charge in [-0.05, 0) is 50.2 Å². The van der Waals surface area contributed by atoms with Crippen LogP contribution in [0.3, 0.4) is 0 Å². The van der Waals surface area contributed by atoms with Gasteiger partial charge in [-0.3, -0.25) is 10.1 Å². The fourth-order valence-electron chi connectivity index (χ4n) is 2.74. The molecular formula is C21H30N4O4S2. The molecule has 0 radical (unpaired) electrons. The fraction of sp³-hybridized carbons (Fsp3) is 0.429. The minimum absolute atomic E-state index is 0.166. The lowest BCUT2D eigenvalue weighted by Gasteiger charge is -2.15. The van der Waals surface area contributed by atoms with Crippen LogP contribution in [0.4, 0.5) is 0 Å². The van der Waals surface area contributed by atoms with Gasteiger partial charge >= 0.3 is 0 Å². The highest BCUT2D eigenvalue weighted by Gasteiger charge is 2.10. The van der Waals surface area contributed by atoms with Crippen LogP contribution in [0.15, 0.2) is 57.7 Å². The average molecular weight is 467 g/mol. The molecule has 0 fully saturated rings. The molecule has 2 aromatic rings. The van der Waals surface area contributed by atoms with Gasteiger partial charge in [-0.1, -0.05) is 12.1 Å². The predicted molar refractivity (Wildman–Crippen MR) is 127 cm³/mol. The van der Waals surface area contributed by atoms with Gasteiger partial charge < -0.3 is 25.1 Å². The van der Waals surface area contributed by atoms with Crippen LogP contribution in [0.1, 0.15) is 23.2 Å². The normalized spacial score (nSPS) is 12.7. The Kier molecular flexibility index (Phi) is 10.8. The van der Waals surface area contributed by atoms with Crippen molar-refractivity contribution in [2.24, 2.45) is 0 Å². The number of benzene rings is 1. The second kappa shape index (κ2) is 13.3. The molecule has 2 rings (SSSR count). The molecule has 31 heavy (non-hydrogen) atoms. The van der Waals surface area contributed by atoms with Crippen molar-refractivity contribution in [2.75, 3.05) is 39.2 Å². The van der Waals surface area contributed by atoms with Crippen molar-refractivity contribution in [2.45, 2.75) is 23.3 Å². The monoisotopic (exact) mass is 466 g/mol. The summed E-state index contributed by atoms with van der Waals surface area (Å²) in [5, 5.41) is 27.2. The summed E-state index contributed by atoms with van der Waals surface area (Å²) in [6, 6.07) is 11.6.